The molecule has 0 aromatic carbocycles. The number of carbonyl (C=O) groups is 2. The second-order valence-electron chi connectivity index (χ2n) is 14.5. The van der Waals surface area contributed by atoms with Crippen molar-refractivity contribution in [3.63, 3.8) is 0 Å². The third-order valence-corrected chi connectivity index (χ3v) is 9.55. The summed E-state index contributed by atoms with van der Waals surface area (Å²) in [6.45, 7) is 1.88. The van der Waals surface area contributed by atoms with E-state index < -0.39 is 38.8 Å². The van der Waals surface area contributed by atoms with Crippen LogP contribution in [0.1, 0.15) is 148 Å². The number of unbranched alkanes of at least 4 members (excludes halogenated alkanes) is 16. The molecule has 0 bridgehead atoms. The zero-order valence-corrected chi connectivity index (χ0v) is 32.2. The number of phosphoric acid groups is 1. The van der Waals surface area contributed by atoms with Crippen LogP contribution in [0.5, 0.6) is 0 Å². The minimum atomic E-state index is -4.64. The second kappa shape index (κ2) is 28.3. The molecule has 12 heteroatoms. The molecule has 49 heavy (non-hydrogen) atoms. The number of aliphatic hydroxyl groups is 1. The fourth-order valence-electron chi connectivity index (χ4n) is 5.55. The van der Waals surface area contributed by atoms with Crippen molar-refractivity contribution >= 4 is 19.8 Å². The van der Waals surface area contributed by atoms with Crippen LogP contribution in [0.3, 0.4) is 0 Å². The maximum absolute atomic E-state index is 12.6. The predicted octanol–water partition coefficient (Wildman–Crippen LogP) is 7.52. The number of phosphoric ester groups is 1. The Balaban J connectivity index is 2.33. The number of hydrogen-bond donors (Lipinski definition) is 1. The highest BCUT2D eigenvalue weighted by molar-refractivity contribution is 7.45. The molecule has 0 aliphatic carbocycles. The van der Waals surface area contributed by atoms with Crippen molar-refractivity contribution in [2.24, 2.45) is 0 Å². The molecular formula is C37H70NO10P. The van der Waals surface area contributed by atoms with Crippen LogP contribution in [0.2, 0.25) is 0 Å². The molecule has 0 saturated carbocycles. The fourth-order valence-corrected chi connectivity index (χ4v) is 6.28. The van der Waals surface area contributed by atoms with Crippen LogP contribution < -0.4 is 4.89 Å². The van der Waals surface area contributed by atoms with Crippen LogP contribution in [-0.2, 0) is 37.4 Å². The van der Waals surface area contributed by atoms with E-state index in [1.54, 1.807) is 6.08 Å². The summed E-state index contributed by atoms with van der Waals surface area (Å²) in [5.74, 6) is -0.901. The highest BCUT2D eigenvalue weighted by Crippen LogP contribution is 2.38. The van der Waals surface area contributed by atoms with E-state index >= 15 is 0 Å². The van der Waals surface area contributed by atoms with Gasteiger partial charge in [-0.25, -0.2) is 0 Å². The summed E-state index contributed by atoms with van der Waals surface area (Å²) >= 11 is 0. The minimum Gasteiger partial charge on any atom is -0.756 e. The Morgan fingerprint density at radius 1 is 0.816 bits per heavy atom. The minimum absolute atomic E-state index is 0.0461. The largest absolute Gasteiger partial charge is 0.756 e. The quantitative estimate of drug-likeness (QED) is 0.0244. The summed E-state index contributed by atoms with van der Waals surface area (Å²) in [6, 6.07) is 0. The molecule has 0 fully saturated rings. The molecule has 0 aromatic rings. The molecule has 4 unspecified atom stereocenters. The Bertz CT molecular complexity index is 925. The first kappa shape index (κ1) is 45.7. The lowest BCUT2D eigenvalue weighted by Gasteiger charge is -2.28. The Morgan fingerprint density at radius 3 is 1.90 bits per heavy atom. The lowest BCUT2D eigenvalue weighted by molar-refractivity contribution is -0.870. The second-order valence-corrected chi connectivity index (χ2v) is 15.9. The Labute approximate surface area is 297 Å². The van der Waals surface area contributed by atoms with E-state index in [1.165, 1.54) is 64.2 Å². The number of rotatable bonds is 32. The van der Waals surface area contributed by atoms with E-state index in [0.29, 0.717) is 17.4 Å². The molecular weight excluding hydrogens is 649 g/mol. The Morgan fingerprint density at radius 2 is 1.35 bits per heavy atom. The molecule has 1 rings (SSSR count). The maximum Gasteiger partial charge on any atom is 0.306 e. The molecule has 4 atom stereocenters. The van der Waals surface area contributed by atoms with Crippen LogP contribution in [0, 0.1) is 0 Å². The highest BCUT2D eigenvalue weighted by atomic mass is 31.2. The van der Waals surface area contributed by atoms with Gasteiger partial charge < -0.3 is 37.7 Å². The number of aliphatic hydroxyl groups excluding tert-OH is 1. The van der Waals surface area contributed by atoms with Crippen molar-refractivity contribution in [2.45, 2.75) is 167 Å². The molecule has 1 aliphatic heterocycles. The number of quaternary nitrogens is 1. The summed E-state index contributed by atoms with van der Waals surface area (Å²) < 4.78 is 39.1. The van der Waals surface area contributed by atoms with Gasteiger partial charge in [0.25, 0.3) is 7.82 Å². The number of nitrogens with zero attached hydrogens (tertiary/aromatic N) is 1. The van der Waals surface area contributed by atoms with Crippen LogP contribution >= 0.6 is 7.82 Å². The number of likely N-dealkylation sites (N-methyl/N-ethyl adjacent to an activating group) is 1. The first-order valence-corrected chi connectivity index (χ1v) is 20.6. The fraction of sp³-hybridized carbons (Fsp3) is 0.892. The number of ether oxygens (including phenoxy) is 3. The predicted molar refractivity (Wildman–Crippen MR) is 191 cm³/mol. The monoisotopic (exact) mass is 719 g/mol. The van der Waals surface area contributed by atoms with Crippen LogP contribution in [0.25, 0.3) is 0 Å². The van der Waals surface area contributed by atoms with Gasteiger partial charge in [0, 0.05) is 12.8 Å². The molecule has 11 nitrogen and oxygen atoms in total. The summed E-state index contributed by atoms with van der Waals surface area (Å²) in [5, 5.41) is 9.55. The van der Waals surface area contributed by atoms with Crippen LogP contribution in [0.15, 0.2) is 12.2 Å². The zero-order chi connectivity index (χ0) is 36.2. The van der Waals surface area contributed by atoms with Gasteiger partial charge in [-0.15, -0.1) is 0 Å². The standard InChI is InChI=1S/C37H70NO10P/c1-5-6-7-8-9-10-11-12-13-14-15-18-21-26-35(39)44-31-34(32-46-49(42,43)45-30-29-38(2,3)4)48-36(40)27-22-19-16-17-20-24-33-25-23-28-37(41)47-33/h23,28,33-34,37,41H,5-22,24-27,29-32H2,1-4H3. The van der Waals surface area contributed by atoms with Crippen molar-refractivity contribution in [3.05, 3.63) is 12.2 Å². The van der Waals surface area contributed by atoms with Gasteiger partial charge >= 0.3 is 11.9 Å². The van der Waals surface area contributed by atoms with Gasteiger partial charge in [-0.2, -0.15) is 0 Å². The molecule has 288 valence electrons. The Hall–Kier alpha value is -1.33. The zero-order valence-electron chi connectivity index (χ0n) is 31.3. The van der Waals surface area contributed by atoms with Gasteiger partial charge in [0.15, 0.2) is 12.4 Å². The summed E-state index contributed by atoms with van der Waals surface area (Å²) in [4.78, 5) is 37.3. The van der Waals surface area contributed by atoms with Gasteiger partial charge in [-0.3, -0.25) is 14.2 Å². The summed E-state index contributed by atoms with van der Waals surface area (Å²) in [7, 11) is 1.11. The van der Waals surface area contributed by atoms with Crippen molar-refractivity contribution in [2.75, 3.05) is 47.5 Å². The lowest BCUT2D eigenvalue weighted by atomic mass is 10.0. The number of hydrogen-bond acceptors (Lipinski definition) is 10. The molecule has 1 heterocycles. The summed E-state index contributed by atoms with van der Waals surface area (Å²) in [5.41, 5.74) is 0. The van der Waals surface area contributed by atoms with E-state index in [4.69, 9.17) is 23.3 Å². The molecule has 0 spiro atoms. The highest BCUT2D eigenvalue weighted by Gasteiger charge is 2.22. The lowest BCUT2D eigenvalue weighted by Crippen LogP contribution is -2.37. The third kappa shape index (κ3) is 29.0. The number of esters is 2. The van der Waals surface area contributed by atoms with Gasteiger partial charge in [0.05, 0.1) is 33.9 Å². The topological polar surface area (TPSA) is 141 Å². The van der Waals surface area contributed by atoms with Crippen molar-refractivity contribution in [1.29, 1.82) is 0 Å². The van der Waals surface area contributed by atoms with Gasteiger partial charge in [0.2, 0.25) is 0 Å². The van der Waals surface area contributed by atoms with E-state index in [0.717, 1.165) is 57.8 Å². The van der Waals surface area contributed by atoms with E-state index in [-0.39, 0.29) is 32.2 Å². The molecule has 0 amide bonds. The van der Waals surface area contributed by atoms with E-state index in [1.807, 2.05) is 27.2 Å². The third-order valence-electron chi connectivity index (χ3n) is 8.58. The average Bonchev–Trinajstić information content (AvgIpc) is 3.03. The number of carbonyl (C=O) groups excluding carboxylic acids is 2. The normalized spacial score (nSPS) is 18.2. The molecule has 1 N–H and O–H groups in total. The molecule has 0 aromatic heterocycles. The van der Waals surface area contributed by atoms with Crippen molar-refractivity contribution in [1.82, 2.24) is 0 Å². The molecule has 1 aliphatic rings. The van der Waals surface area contributed by atoms with Crippen molar-refractivity contribution in [3.8, 4) is 0 Å². The molecule has 0 saturated heterocycles. The Kier molecular flexibility index (Phi) is 26.4. The van der Waals surface area contributed by atoms with E-state index in [9.17, 15) is 24.2 Å². The average molecular weight is 720 g/mol. The first-order chi connectivity index (χ1) is 23.4. The van der Waals surface area contributed by atoms with Gasteiger partial charge in [-0.05, 0) is 31.8 Å². The van der Waals surface area contributed by atoms with Gasteiger partial charge in [0.1, 0.15) is 19.8 Å². The van der Waals surface area contributed by atoms with Gasteiger partial charge in [-0.1, -0.05) is 116 Å². The van der Waals surface area contributed by atoms with Crippen LogP contribution in [-0.4, -0.2) is 87.5 Å². The van der Waals surface area contributed by atoms with Crippen LogP contribution in [0.4, 0.5) is 0 Å². The summed E-state index contributed by atoms with van der Waals surface area (Å²) in [6.07, 6.45) is 24.0. The van der Waals surface area contributed by atoms with Crippen molar-refractivity contribution < 1.29 is 51.9 Å². The SMILES string of the molecule is CCCCCCCCCCCCCCCC(=O)OCC(COP(=O)([O-])OCC[N+](C)(C)C)OC(=O)CCCCCCCC1CC=CC(O)O1. The smallest absolute Gasteiger partial charge is 0.306 e. The maximum atomic E-state index is 12.6. The molecule has 0 radical (unpaired) electrons. The first-order valence-electron chi connectivity index (χ1n) is 19.2. The van der Waals surface area contributed by atoms with E-state index in [2.05, 4.69) is 6.92 Å².